The summed E-state index contributed by atoms with van der Waals surface area (Å²) >= 11 is 5.86. The van der Waals surface area contributed by atoms with Crippen molar-refractivity contribution in [2.75, 3.05) is 15.9 Å². The third-order valence-corrected chi connectivity index (χ3v) is 7.61. The van der Waals surface area contributed by atoms with Gasteiger partial charge in [-0.15, -0.1) is 0 Å². The number of aromatic nitrogens is 2. The highest BCUT2D eigenvalue weighted by atomic mass is 32.2. The Morgan fingerprint density at radius 3 is 2.32 bits per heavy atom. The van der Waals surface area contributed by atoms with Crippen LogP contribution in [0.5, 0.6) is 0 Å². The molecule has 3 heterocycles. The minimum absolute atomic E-state index is 0.167. The van der Waals surface area contributed by atoms with Gasteiger partial charge in [-0.05, 0) is 92.6 Å². The largest absolute Gasteiger partial charge is 0.351 e. The van der Waals surface area contributed by atoms with E-state index >= 15 is 0 Å². The zero-order valence-electron chi connectivity index (χ0n) is 21.1. The first-order valence-electron chi connectivity index (χ1n) is 12.0. The van der Waals surface area contributed by atoms with Gasteiger partial charge < -0.3 is 14.8 Å². The molecule has 4 aromatic rings. The Labute approximate surface area is 223 Å². The number of aryl methyl sites for hydroxylation is 2. The summed E-state index contributed by atoms with van der Waals surface area (Å²) in [6.07, 6.45) is 2.93. The molecular formula is C28H29N5O2S2. The third kappa shape index (κ3) is 4.84. The van der Waals surface area contributed by atoms with Gasteiger partial charge in [-0.25, -0.2) is 8.42 Å². The van der Waals surface area contributed by atoms with Crippen LogP contribution in [0.3, 0.4) is 0 Å². The quantitative estimate of drug-likeness (QED) is 0.327. The summed E-state index contributed by atoms with van der Waals surface area (Å²) in [7, 11) is -3.37. The van der Waals surface area contributed by atoms with E-state index in [1.54, 1.807) is 18.3 Å². The predicted octanol–water partition coefficient (Wildman–Crippen LogP) is 5.35. The van der Waals surface area contributed by atoms with Crippen LogP contribution < -0.4 is 14.9 Å². The zero-order chi connectivity index (χ0) is 26.3. The van der Waals surface area contributed by atoms with Gasteiger partial charge in [0.25, 0.3) is 0 Å². The molecule has 0 amide bonds. The lowest BCUT2D eigenvalue weighted by molar-refractivity contribution is 0.565. The van der Waals surface area contributed by atoms with E-state index in [1.165, 1.54) is 5.56 Å². The molecule has 0 radical (unpaired) electrons. The average molecular weight is 532 g/mol. The van der Waals surface area contributed by atoms with Crippen molar-refractivity contribution in [1.82, 2.24) is 14.9 Å². The number of rotatable bonds is 6. The molecule has 2 atom stereocenters. The molecule has 0 aliphatic carbocycles. The van der Waals surface area contributed by atoms with Gasteiger partial charge >= 0.3 is 0 Å². The molecule has 9 heteroatoms. The van der Waals surface area contributed by atoms with Gasteiger partial charge in [-0.1, -0.05) is 24.3 Å². The van der Waals surface area contributed by atoms with Crippen LogP contribution in [0.4, 0.5) is 11.4 Å². The SMILES string of the molecule is Cc1ccccc1-n1c(C)cc([C@H]2[C@@H](c3ccccn3)NC(=S)N2c2ccc(NS(C)(=O)=O)cc2)c1C. The van der Waals surface area contributed by atoms with Gasteiger partial charge in [-0.3, -0.25) is 9.71 Å². The highest BCUT2D eigenvalue weighted by Crippen LogP contribution is 2.44. The summed E-state index contributed by atoms with van der Waals surface area (Å²) in [6, 6.07) is 23.4. The zero-order valence-corrected chi connectivity index (χ0v) is 22.8. The normalized spacial score (nSPS) is 17.6. The molecule has 1 aliphatic heterocycles. The molecule has 2 aromatic heterocycles. The molecule has 2 aromatic carbocycles. The Kier molecular flexibility index (Phi) is 6.51. The lowest BCUT2D eigenvalue weighted by atomic mass is 9.96. The van der Waals surface area contributed by atoms with E-state index in [0.29, 0.717) is 10.8 Å². The maximum Gasteiger partial charge on any atom is 0.229 e. The van der Waals surface area contributed by atoms with E-state index in [1.807, 2.05) is 36.4 Å². The van der Waals surface area contributed by atoms with Crippen molar-refractivity contribution in [1.29, 1.82) is 0 Å². The second kappa shape index (κ2) is 9.64. The molecule has 0 unspecified atom stereocenters. The number of hydrogen-bond donors (Lipinski definition) is 2. The number of anilines is 2. The van der Waals surface area contributed by atoms with Gasteiger partial charge in [0.15, 0.2) is 5.11 Å². The topological polar surface area (TPSA) is 79.3 Å². The van der Waals surface area contributed by atoms with Crippen molar-refractivity contribution in [2.45, 2.75) is 32.9 Å². The van der Waals surface area contributed by atoms with Crippen LogP contribution in [-0.2, 0) is 10.0 Å². The minimum atomic E-state index is -3.37. The molecule has 1 aliphatic rings. The number of para-hydroxylation sites is 1. The van der Waals surface area contributed by atoms with Crippen molar-refractivity contribution < 1.29 is 8.42 Å². The van der Waals surface area contributed by atoms with Crippen LogP contribution in [-0.4, -0.2) is 29.3 Å². The number of nitrogens with one attached hydrogen (secondary N) is 2. The molecule has 1 saturated heterocycles. The molecule has 0 saturated carbocycles. The molecule has 0 bridgehead atoms. The van der Waals surface area contributed by atoms with Crippen molar-refractivity contribution in [2.24, 2.45) is 0 Å². The van der Waals surface area contributed by atoms with Crippen molar-refractivity contribution in [3.8, 4) is 5.69 Å². The number of thiocarbonyl (C=S) groups is 1. The Bertz CT molecular complexity index is 1560. The van der Waals surface area contributed by atoms with E-state index in [4.69, 9.17) is 12.2 Å². The molecule has 0 spiro atoms. The fourth-order valence-electron chi connectivity index (χ4n) is 5.13. The molecule has 5 rings (SSSR count). The lowest BCUT2D eigenvalue weighted by Crippen LogP contribution is -2.29. The summed E-state index contributed by atoms with van der Waals surface area (Å²) in [6.45, 7) is 6.38. The van der Waals surface area contributed by atoms with E-state index in [9.17, 15) is 8.42 Å². The van der Waals surface area contributed by atoms with Crippen LogP contribution in [0.15, 0.2) is 79.0 Å². The van der Waals surface area contributed by atoms with Gasteiger partial charge in [-0.2, -0.15) is 0 Å². The van der Waals surface area contributed by atoms with Gasteiger partial charge in [0.05, 0.1) is 24.0 Å². The maximum atomic E-state index is 11.7. The number of pyridine rings is 1. The smallest absolute Gasteiger partial charge is 0.229 e. The van der Waals surface area contributed by atoms with Crippen molar-refractivity contribution in [3.05, 3.63) is 107 Å². The molecular weight excluding hydrogens is 502 g/mol. The van der Waals surface area contributed by atoms with E-state index < -0.39 is 10.0 Å². The minimum Gasteiger partial charge on any atom is -0.351 e. The standard InChI is InChI=1S/C28H29N5O2S2/c1-18-9-5-6-11-25(18)32-19(2)17-23(20(32)3)27-26(24-10-7-8-16-29-24)30-28(36)33(27)22-14-12-21(13-15-22)31-37(4,34)35/h5-17,26-27,31H,1-4H3,(H,30,36)/t26-,27+/m1/s1. The summed E-state index contributed by atoms with van der Waals surface area (Å²) < 4.78 is 28.2. The molecule has 7 nitrogen and oxygen atoms in total. The first kappa shape index (κ1) is 25.0. The van der Waals surface area contributed by atoms with E-state index in [2.05, 4.69) is 69.5 Å². The highest BCUT2D eigenvalue weighted by Gasteiger charge is 2.42. The fourth-order valence-corrected chi connectivity index (χ4v) is 6.04. The Balaban J connectivity index is 1.64. The summed E-state index contributed by atoms with van der Waals surface area (Å²) in [5.74, 6) is 0. The van der Waals surface area contributed by atoms with Crippen LogP contribution >= 0.6 is 12.2 Å². The highest BCUT2D eigenvalue weighted by molar-refractivity contribution is 7.92. The van der Waals surface area contributed by atoms with Crippen LogP contribution in [0, 0.1) is 20.8 Å². The first-order valence-corrected chi connectivity index (χ1v) is 14.3. The van der Waals surface area contributed by atoms with E-state index in [-0.39, 0.29) is 12.1 Å². The molecule has 1 fully saturated rings. The number of hydrogen-bond acceptors (Lipinski definition) is 4. The lowest BCUT2D eigenvalue weighted by Gasteiger charge is -2.28. The number of sulfonamides is 1. The first-order chi connectivity index (χ1) is 17.6. The number of benzene rings is 2. The summed E-state index contributed by atoms with van der Waals surface area (Å²) in [4.78, 5) is 6.75. The molecule has 2 N–H and O–H groups in total. The second-order valence-corrected chi connectivity index (χ2v) is 11.5. The summed E-state index contributed by atoms with van der Waals surface area (Å²) in [5, 5.41) is 4.09. The van der Waals surface area contributed by atoms with Crippen molar-refractivity contribution in [3.63, 3.8) is 0 Å². The van der Waals surface area contributed by atoms with Crippen LogP contribution in [0.25, 0.3) is 5.69 Å². The Morgan fingerprint density at radius 2 is 1.68 bits per heavy atom. The van der Waals surface area contributed by atoms with Crippen molar-refractivity contribution >= 4 is 38.7 Å². The van der Waals surface area contributed by atoms with Gasteiger partial charge in [0.2, 0.25) is 10.0 Å². The maximum absolute atomic E-state index is 11.7. The van der Waals surface area contributed by atoms with Gasteiger partial charge in [0, 0.05) is 34.6 Å². The predicted molar refractivity (Wildman–Crippen MR) is 153 cm³/mol. The van der Waals surface area contributed by atoms with Crippen LogP contribution in [0.2, 0.25) is 0 Å². The Hall–Kier alpha value is -3.69. The third-order valence-electron chi connectivity index (χ3n) is 6.69. The average Bonchev–Trinajstić information content (AvgIpc) is 3.35. The van der Waals surface area contributed by atoms with Crippen LogP contribution in [0.1, 0.15) is 40.3 Å². The number of nitrogens with zero attached hydrogens (tertiary/aromatic N) is 3. The fraction of sp³-hybridized carbons (Fsp3) is 0.214. The molecule has 37 heavy (non-hydrogen) atoms. The summed E-state index contributed by atoms with van der Waals surface area (Å²) in [5.41, 5.74) is 8.00. The Morgan fingerprint density at radius 1 is 0.973 bits per heavy atom. The van der Waals surface area contributed by atoms with E-state index in [0.717, 1.165) is 40.3 Å². The van der Waals surface area contributed by atoms with Gasteiger partial charge in [0.1, 0.15) is 0 Å². The second-order valence-electron chi connectivity index (χ2n) is 9.37. The molecule has 190 valence electrons. The monoisotopic (exact) mass is 531 g/mol.